The Hall–Kier alpha value is -1.07. The van der Waals surface area contributed by atoms with Gasteiger partial charge in [-0.3, -0.25) is 0 Å². The molecule has 1 aromatic rings. The summed E-state index contributed by atoms with van der Waals surface area (Å²) in [6.45, 7) is 2.69. The molecule has 0 fully saturated rings. The molecule has 0 saturated heterocycles. The quantitative estimate of drug-likeness (QED) is 0.783. The lowest BCUT2D eigenvalue weighted by atomic mass is 10.1. The summed E-state index contributed by atoms with van der Waals surface area (Å²) in [4.78, 5) is 11.5. The fourth-order valence-electron chi connectivity index (χ4n) is 1.33. The molecular weight excluding hydrogens is 284 g/mol. The zero-order chi connectivity index (χ0) is 12.7. The highest BCUT2D eigenvalue weighted by Gasteiger charge is 2.05. The molecule has 0 radical (unpaired) electrons. The first kappa shape index (κ1) is 14.0. The third-order valence-electron chi connectivity index (χ3n) is 2.32. The summed E-state index contributed by atoms with van der Waals surface area (Å²) < 4.78 is 0.920. The second-order valence-electron chi connectivity index (χ2n) is 3.96. The van der Waals surface area contributed by atoms with E-state index < -0.39 is 0 Å². The molecule has 0 aliphatic carbocycles. The van der Waals surface area contributed by atoms with Gasteiger partial charge < -0.3 is 15.7 Å². The second kappa shape index (κ2) is 7.29. The van der Waals surface area contributed by atoms with Crippen molar-refractivity contribution < 1.29 is 9.90 Å². The topological polar surface area (TPSA) is 61.4 Å². The zero-order valence-electron chi connectivity index (χ0n) is 9.74. The van der Waals surface area contributed by atoms with Crippen LogP contribution in [0.4, 0.5) is 10.5 Å². The largest absolute Gasteiger partial charge is 0.396 e. The van der Waals surface area contributed by atoms with E-state index in [4.69, 9.17) is 5.11 Å². The summed E-state index contributed by atoms with van der Waals surface area (Å²) in [6, 6.07) is 7.17. The van der Waals surface area contributed by atoms with Crippen molar-refractivity contribution in [1.82, 2.24) is 5.32 Å². The predicted octanol–water partition coefficient (Wildman–Crippen LogP) is 2.59. The van der Waals surface area contributed by atoms with Crippen molar-refractivity contribution in [3.8, 4) is 0 Å². The van der Waals surface area contributed by atoms with Crippen molar-refractivity contribution >= 4 is 27.6 Å². The van der Waals surface area contributed by atoms with Gasteiger partial charge in [0.1, 0.15) is 0 Å². The molecule has 4 nitrogen and oxygen atoms in total. The molecule has 1 rings (SSSR count). The number of aliphatic hydroxyl groups excluding tert-OH is 1. The number of benzene rings is 1. The van der Waals surface area contributed by atoms with Crippen LogP contribution in [0, 0.1) is 5.92 Å². The fraction of sp³-hybridized carbons (Fsp3) is 0.417. The molecule has 0 bridgehead atoms. The Morgan fingerprint density at radius 2 is 2.29 bits per heavy atom. The van der Waals surface area contributed by atoms with E-state index in [0.717, 1.165) is 10.2 Å². The van der Waals surface area contributed by atoms with Crippen LogP contribution < -0.4 is 10.6 Å². The van der Waals surface area contributed by atoms with Crippen LogP contribution in [0.5, 0.6) is 0 Å². The van der Waals surface area contributed by atoms with Gasteiger partial charge in [0, 0.05) is 23.3 Å². The average molecular weight is 301 g/mol. The van der Waals surface area contributed by atoms with Gasteiger partial charge in [-0.05, 0) is 30.5 Å². The lowest BCUT2D eigenvalue weighted by Crippen LogP contribution is -2.32. The van der Waals surface area contributed by atoms with E-state index in [1.165, 1.54) is 0 Å². The number of nitrogens with one attached hydrogen (secondary N) is 2. The molecule has 1 atom stereocenters. The number of halogens is 1. The Bertz CT molecular complexity index is 371. The highest BCUT2D eigenvalue weighted by atomic mass is 79.9. The minimum Gasteiger partial charge on any atom is -0.396 e. The van der Waals surface area contributed by atoms with Crippen molar-refractivity contribution in [3.63, 3.8) is 0 Å². The minimum absolute atomic E-state index is 0.149. The second-order valence-corrected chi connectivity index (χ2v) is 4.88. The number of hydrogen-bond acceptors (Lipinski definition) is 2. The Labute approximate surface area is 110 Å². The van der Waals surface area contributed by atoms with E-state index in [-0.39, 0.29) is 18.6 Å². The molecule has 0 aliphatic rings. The Morgan fingerprint density at radius 3 is 2.94 bits per heavy atom. The standard InChI is InChI=1S/C12H17BrN2O2/c1-9(5-6-16)8-14-12(17)15-11-4-2-3-10(13)7-11/h2-4,7,9,16H,5-6,8H2,1H3,(H2,14,15,17). The molecule has 0 spiro atoms. The average Bonchev–Trinajstić information content (AvgIpc) is 2.27. The lowest BCUT2D eigenvalue weighted by Gasteiger charge is -2.12. The van der Waals surface area contributed by atoms with E-state index in [9.17, 15) is 4.79 Å². The number of carbonyl (C=O) groups is 1. The molecule has 1 unspecified atom stereocenters. The molecule has 0 heterocycles. The fourth-order valence-corrected chi connectivity index (χ4v) is 1.73. The van der Waals surface area contributed by atoms with E-state index in [1.807, 2.05) is 31.2 Å². The SMILES string of the molecule is CC(CCO)CNC(=O)Nc1cccc(Br)c1. The maximum atomic E-state index is 11.5. The van der Waals surface area contributed by atoms with Gasteiger partial charge in [0.05, 0.1) is 0 Å². The molecule has 5 heteroatoms. The first-order chi connectivity index (χ1) is 8.11. The van der Waals surface area contributed by atoms with Gasteiger partial charge >= 0.3 is 6.03 Å². The van der Waals surface area contributed by atoms with Gasteiger partial charge in [0.2, 0.25) is 0 Å². The number of carbonyl (C=O) groups excluding carboxylic acids is 1. The molecular formula is C12H17BrN2O2. The molecule has 2 amide bonds. The van der Waals surface area contributed by atoms with Gasteiger partial charge in [-0.2, -0.15) is 0 Å². The summed E-state index contributed by atoms with van der Waals surface area (Å²) >= 11 is 3.34. The Morgan fingerprint density at radius 1 is 1.53 bits per heavy atom. The van der Waals surface area contributed by atoms with Crippen molar-refractivity contribution in [3.05, 3.63) is 28.7 Å². The van der Waals surface area contributed by atoms with Crippen LogP contribution in [0.1, 0.15) is 13.3 Å². The molecule has 0 aliphatic heterocycles. The molecule has 3 N–H and O–H groups in total. The van der Waals surface area contributed by atoms with Gasteiger partial charge in [0.15, 0.2) is 0 Å². The van der Waals surface area contributed by atoms with Crippen LogP contribution >= 0.6 is 15.9 Å². The monoisotopic (exact) mass is 300 g/mol. The van der Waals surface area contributed by atoms with Crippen molar-refractivity contribution in [2.24, 2.45) is 5.92 Å². The summed E-state index contributed by atoms with van der Waals surface area (Å²) in [7, 11) is 0. The first-order valence-electron chi connectivity index (χ1n) is 5.53. The van der Waals surface area contributed by atoms with Crippen LogP contribution in [0.2, 0.25) is 0 Å². The molecule has 0 saturated carbocycles. The molecule has 1 aromatic carbocycles. The highest BCUT2D eigenvalue weighted by Crippen LogP contribution is 2.15. The molecule has 94 valence electrons. The summed E-state index contributed by atoms with van der Waals surface area (Å²) in [6.07, 6.45) is 0.692. The maximum Gasteiger partial charge on any atom is 0.319 e. The molecule has 0 aromatic heterocycles. The van der Waals surface area contributed by atoms with E-state index in [1.54, 1.807) is 0 Å². The van der Waals surface area contributed by atoms with Gasteiger partial charge in [-0.15, -0.1) is 0 Å². The minimum atomic E-state index is -0.229. The van der Waals surface area contributed by atoms with E-state index in [0.29, 0.717) is 13.0 Å². The van der Waals surface area contributed by atoms with Crippen LogP contribution in [0.15, 0.2) is 28.7 Å². The number of aliphatic hydroxyl groups is 1. The first-order valence-corrected chi connectivity index (χ1v) is 6.32. The summed E-state index contributed by atoms with van der Waals surface area (Å²) in [5.74, 6) is 0.272. The number of urea groups is 1. The van der Waals surface area contributed by atoms with E-state index >= 15 is 0 Å². The van der Waals surface area contributed by atoms with Crippen molar-refractivity contribution in [2.45, 2.75) is 13.3 Å². The van der Waals surface area contributed by atoms with Gasteiger partial charge in [-0.25, -0.2) is 4.79 Å². The van der Waals surface area contributed by atoms with Gasteiger partial charge in [0.25, 0.3) is 0 Å². The lowest BCUT2D eigenvalue weighted by molar-refractivity contribution is 0.243. The Kier molecular flexibility index (Phi) is 6.00. The highest BCUT2D eigenvalue weighted by molar-refractivity contribution is 9.10. The van der Waals surface area contributed by atoms with Crippen molar-refractivity contribution in [1.29, 1.82) is 0 Å². The summed E-state index contributed by atoms with van der Waals surface area (Å²) in [5, 5.41) is 14.2. The van der Waals surface area contributed by atoms with E-state index in [2.05, 4.69) is 26.6 Å². The van der Waals surface area contributed by atoms with Crippen LogP contribution in [-0.4, -0.2) is 24.3 Å². The Balaban J connectivity index is 2.34. The van der Waals surface area contributed by atoms with Crippen molar-refractivity contribution in [2.75, 3.05) is 18.5 Å². The van der Waals surface area contributed by atoms with Crippen LogP contribution in [-0.2, 0) is 0 Å². The third-order valence-corrected chi connectivity index (χ3v) is 2.81. The van der Waals surface area contributed by atoms with Crippen LogP contribution in [0.25, 0.3) is 0 Å². The number of rotatable bonds is 5. The molecule has 17 heavy (non-hydrogen) atoms. The van der Waals surface area contributed by atoms with Crippen LogP contribution in [0.3, 0.4) is 0 Å². The number of hydrogen-bond donors (Lipinski definition) is 3. The normalized spacial score (nSPS) is 11.9. The maximum absolute atomic E-state index is 11.5. The summed E-state index contributed by atoms with van der Waals surface area (Å²) in [5.41, 5.74) is 0.742. The van der Waals surface area contributed by atoms with Gasteiger partial charge in [-0.1, -0.05) is 28.9 Å². The smallest absolute Gasteiger partial charge is 0.319 e. The number of amides is 2. The third kappa shape index (κ3) is 5.70. The number of anilines is 1. The predicted molar refractivity (Wildman–Crippen MR) is 72.0 cm³/mol. The zero-order valence-corrected chi connectivity index (χ0v) is 11.3.